The number of esters is 2. The van der Waals surface area contributed by atoms with Crippen LogP contribution < -0.4 is 0 Å². The number of carbonyl (C=O) groups excluding carboxylic acids is 2. The Kier molecular flexibility index (Phi) is 3.43. The maximum Gasteiger partial charge on any atom is 0.326 e. The molecular formula is C14H16N2O4. The van der Waals surface area contributed by atoms with Crippen LogP contribution in [0.2, 0.25) is 0 Å². The zero-order valence-electron chi connectivity index (χ0n) is 11.5. The third-order valence-electron chi connectivity index (χ3n) is 4.30. The van der Waals surface area contributed by atoms with Crippen LogP contribution in [0.15, 0.2) is 0 Å². The van der Waals surface area contributed by atoms with Crippen molar-refractivity contribution >= 4 is 11.9 Å². The van der Waals surface area contributed by atoms with Gasteiger partial charge in [0, 0.05) is 0 Å². The van der Waals surface area contributed by atoms with Gasteiger partial charge >= 0.3 is 11.9 Å². The van der Waals surface area contributed by atoms with E-state index in [1.54, 1.807) is 0 Å². The van der Waals surface area contributed by atoms with Crippen molar-refractivity contribution in [3.63, 3.8) is 0 Å². The molecule has 20 heavy (non-hydrogen) atoms. The Balaban J connectivity index is 1.71. The van der Waals surface area contributed by atoms with Crippen LogP contribution in [0.4, 0.5) is 0 Å². The third kappa shape index (κ3) is 2.12. The monoisotopic (exact) mass is 276 g/mol. The lowest BCUT2D eigenvalue weighted by atomic mass is 10.1. The van der Waals surface area contributed by atoms with Gasteiger partial charge < -0.3 is 9.47 Å². The molecule has 0 bridgehead atoms. The minimum Gasteiger partial charge on any atom is -0.461 e. The van der Waals surface area contributed by atoms with Crippen molar-refractivity contribution in [3.05, 3.63) is 0 Å². The van der Waals surface area contributed by atoms with Crippen LogP contribution in [0.25, 0.3) is 0 Å². The molecule has 0 radical (unpaired) electrons. The Morgan fingerprint density at radius 1 is 1.00 bits per heavy atom. The number of ether oxygens (including phenoxy) is 2. The summed E-state index contributed by atoms with van der Waals surface area (Å²) >= 11 is 0. The first-order valence-corrected chi connectivity index (χ1v) is 6.60. The molecule has 2 saturated carbocycles. The molecule has 2 rings (SSSR count). The molecule has 0 spiro atoms. The SMILES string of the molecule is CC1CC1(C#N)C(=O)OCCOC(=O)C1(C#N)CC1C. The molecule has 2 fully saturated rings. The van der Waals surface area contributed by atoms with Crippen molar-refractivity contribution in [2.75, 3.05) is 13.2 Å². The molecule has 0 aromatic rings. The second-order valence-corrected chi connectivity index (χ2v) is 5.65. The van der Waals surface area contributed by atoms with Crippen molar-refractivity contribution in [2.45, 2.75) is 26.7 Å². The molecule has 6 heteroatoms. The van der Waals surface area contributed by atoms with E-state index in [0.717, 1.165) is 0 Å². The Morgan fingerprint density at radius 2 is 1.30 bits per heavy atom. The van der Waals surface area contributed by atoms with E-state index in [2.05, 4.69) is 0 Å². The van der Waals surface area contributed by atoms with Crippen molar-refractivity contribution in [1.29, 1.82) is 10.5 Å². The topological polar surface area (TPSA) is 100 Å². The number of nitriles is 2. The number of carbonyl (C=O) groups is 2. The quantitative estimate of drug-likeness (QED) is 0.552. The van der Waals surface area contributed by atoms with E-state index >= 15 is 0 Å². The average Bonchev–Trinajstić information content (AvgIpc) is 3.30. The van der Waals surface area contributed by atoms with Crippen molar-refractivity contribution in [2.24, 2.45) is 22.7 Å². The van der Waals surface area contributed by atoms with Gasteiger partial charge in [0.2, 0.25) is 0 Å². The largest absolute Gasteiger partial charge is 0.461 e. The first-order chi connectivity index (χ1) is 9.43. The number of hydrogen-bond acceptors (Lipinski definition) is 6. The number of nitrogens with zero attached hydrogens (tertiary/aromatic N) is 2. The summed E-state index contributed by atoms with van der Waals surface area (Å²) in [6, 6.07) is 3.95. The fourth-order valence-electron chi connectivity index (χ4n) is 2.35. The summed E-state index contributed by atoms with van der Waals surface area (Å²) in [5, 5.41) is 17.9. The molecular weight excluding hydrogens is 260 g/mol. The molecule has 0 aromatic carbocycles. The van der Waals surface area contributed by atoms with E-state index in [1.807, 2.05) is 26.0 Å². The highest BCUT2D eigenvalue weighted by Crippen LogP contribution is 2.53. The average molecular weight is 276 g/mol. The van der Waals surface area contributed by atoms with Crippen LogP contribution in [-0.2, 0) is 19.1 Å². The fraction of sp³-hybridized carbons (Fsp3) is 0.714. The molecule has 0 saturated heterocycles. The lowest BCUT2D eigenvalue weighted by molar-refractivity contribution is -0.157. The third-order valence-corrected chi connectivity index (χ3v) is 4.30. The van der Waals surface area contributed by atoms with E-state index < -0.39 is 22.8 Å². The van der Waals surface area contributed by atoms with Crippen LogP contribution >= 0.6 is 0 Å². The first kappa shape index (κ1) is 14.3. The molecule has 4 unspecified atom stereocenters. The minimum absolute atomic E-state index is 0.0109. The summed E-state index contributed by atoms with van der Waals surface area (Å²) in [4.78, 5) is 23.4. The van der Waals surface area contributed by atoms with Gasteiger partial charge in [0.25, 0.3) is 0 Å². The maximum atomic E-state index is 11.7. The summed E-state index contributed by atoms with van der Waals surface area (Å²) in [7, 11) is 0. The summed E-state index contributed by atoms with van der Waals surface area (Å²) < 4.78 is 9.91. The van der Waals surface area contributed by atoms with Gasteiger partial charge in [-0.2, -0.15) is 10.5 Å². The smallest absolute Gasteiger partial charge is 0.326 e. The highest BCUT2D eigenvalue weighted by atomic mass is 16.6. The predicted octanol–water partition coefficient (Wildman–Crippen LogP) is 1.17. The van der Waals surface area contributed by atoms with Gasteiger partial charge in [-0.25, -0.2) is 0 Å². The molecule has 0 aliphatic heterocycles. The second kappa shape index (κ2) is 4.79. The summed E-state index contributed by atoms with van der Waals surface area (Å²) in [5.74, 6) is -1.09. The van der Waals surface area contributed by atoms with Crippen LogP contribution in [0, 0.1) is 45.3 Å². The second-order valence-electron chi connectivity index (χ2n) is 5.65. The summed E-state index contributed by atoms with van der Waals surface area (Å²) in [6.45, 7) is 3.46. The minimum atomic E-state index is -1.01. The number of rotatable bonds is 5. The zero-order chi connectivity index (χ0) is 15.0. The van der Waals surface area contributed by atoms with Gasteiger partial charge in [-0.05, 0) is 24.7 Å². The van der Waals surface area contributed by atoms with Gasteiger partial charge in [-0.1, -0.05) is 13.8 Å². The molecule has 0 heterocycles. The highest BCUT2D eigenvalue weighted by Gasteiger charge is 2.60. The van der Waals surface area contributed by atoms with Gasteiger partial charge in [0.1, 0.15) is 13.2 Å². The molecule has 0 amide bonds. The van der Waals surface area contributed by atoms with Crippen molar-refractivity contribution in [3.8, 4) is 12.1 Å². The van der Waals surface area contributed by atoms with Gasteiger partial charge in [0.15, 0.2) is 10.8 Å². The molecule has 106 valence electrons. The fourth-order valence-corrected chi connectivity index (χ4v) is 2.35. The van der Waals surface area contributed by atoms with E-state index in [-0.39, 0.29) is 25.0 Å². The van der Waals surface area contributed by atoms with E-state index in [4.69, 9.17) is 20.0 Å². The molecule has 4 atom stereocenters. The van der Waals surface area contributed by atoms with Crippen molar-refractivity contribution < 1.29 is 19.1 Å². The van der Waals surface area contributed by atoms with Gasteiger partial charge in [-0.3, -0.25) is 9.59 Å². The Hall–Kier alpha value is -2.08. The maximum absolute atomic E-state index is 11.7. The van der Waals surface area contributed by atoms with Crippen molar-refractivity contribution in [1.82, 2.24) is 0 Å². The van der Waals surface area contributed by atoms with Crippen LogP contribution in [-0.4, -0.2) is 25.2 Å². The number of hydrogen-bond donors (Lipinski definition) is 0. The standard InChI is InChI=1S/C14H16N2O4/c1-9-5-13(9,7-15)11(17)19-3-4-20-12(18)14(8-16)6-10(14)2/h9-10H,3-6H2,1-2H3. The van der Waals surface area contributed by atoms with Crippen LogP contribution in [0.3, 0.4) is 0 Å². The molecule has 2 aliphatic rings. The van der Waals surface area contributed by atoms with Gasteiger partial charge in [-0.15, -0.1) is 0 Å². The molecule has 0 aromatic heterocycles. The Morgan fingerprint density at radius 3 is 1.50 bits per heavy atom. The van der Waals surface area contributed by atoms with Gasteiger partial charge in [0.05, 0.1) is 12.1 Å². The summed E-state index contributed by atoms with van der Waals surface area (Å²) in [6.07, 6.45) is 1.02. The predicted molar refractivity (Wildman–Crippen MR) is 65.6 cm³/mol. The van der Waals surface area contributed by atoms with Crippen LogP contribution in [0.1, 0.15) is 26.7 Å². The van der Waals surface area contributed by atoms with E-state index in [0.29, 0.717) is 12.8 Å². The molecule has 6 nitrogen and oxygen atoms in total. The Bertz CT molecular complexity index is 484. The molecule has 0 N–H and O–H groups in total. The lowest BCUT2D eigenvalue weighted by Crippen LogP contribution is -2.24. The lowest BCUT2D eigenvalue weighted by Gasteiger charge is -2.10. The zero-order valence-corrected chi connectivity index (χ0v) is 11.5. The normalized spacial score (nSPS) is 37.2. The van der Waals surface area contributed by atoms with E-state index in [1.165, 1.54) is 0 Å². The summed E-state index contributed by atoms with van der Waals surface area (Å²) in [5.41, 5.74) is -2.02. The highest BCUT2D eigenvalue weighted by molar-refractivity contribution is 5.84. The van der Waals surface area contributed by atoms with Crippen LogP contribution in [0.5, 0.6) is 0 Å². The Labute approximate surface area is 117 Å². The molecule has 2 aliphatic carbocycles. The first-order valence-electron chi connectivity index (χ1n) is 6.60. The van der Waals surface area contributed by atoms with E-state index in [9.17, 15) is 9.59 Å².